The highest BCUT2D eigenvalue weighted by Gasteiger charge is 2.27. The van der Waals surface area contributed by atoms with Gasteiger partial charge in [-0.2, -0.15) is 13.2 Å². The maximum Gasteiger partial charge on any atom is 0.411 e. The Bertz CT molecular complexity index is 558. The molecule has 0 bridgehead atoms. The number of amides is 2. The van der Waals surface area contributed by atoms with E-state index >= 15 is 0 Å². The molecule has 2 amide bonds. The standard InChI is InChI=1S/C15H17F3N2O3/c16-15(17,18)10-23-9-7-19-14(22)11-3-5-12(6-4-11)20-8-1-2-13(20)21/h3-6H,1-2,7-10H2,(H,19,22). The summed E-state index contributed by atoms with van der Waals surface area (Å²) in [5, 5.41) is 2.47. The van der Waals surface area contributed by atoms with E-state index in [2.05, 4.69) is 10.1 Å². The van der Waals surface area contributed by atoms with Crippen molar-refractivity contribution in [3.05, 3.63) is 29.8 Å². The van der Waals surface area contributed by atoms with Gasteiger partial charge in [0.05, 0.1) is 6.61 Å². The van der Waals surface area contributed by atoms with Crippen LogP contribution >= 0.6 is 0 Å². The second kappa shape index (κ2) is 7.45. The van der Waals surface area contributed by atoms with Crippen molar-refractivity contribution in [1.82, 2.24) is 5.32 Å². The van der Waals surface area contributed by atoms with Gasteiger partial charge in [0.1, 0.15) is 6.61 Å². The molecule has 1 aliphatic heterocycles. The molecule has 1 heterocycles. The zero-order chi connectivity index (χ0) is 16.9. The first-order chi connectivity index (χ1) is 10.9. The van der Waals surface area contributed by atoms with Crippen LogP contribution in [0.2, 0.25) is 0 Å². The van der Waals surface area contributed by atoms with Gasteiger partial charge in [-0.1, -0.05) is 0 Å². The second-order valence-corrected chi connectivity index (χ2v) is 5.12. The van der Waals surface area contributed by atoms with Crippen molar-refractivity contribution in [3.8, 4) is 0 Å². The Morgan fingerprint density at radius 3 is 2.52 bits per heavy atom. The number of ether oxygens (including phenoxy) is 1. The van der Waals surface area contributed by atoms with Crippen molar-refractivity contribution in [2.24, 2.45) is 0 Å². The molecule has 0 radical (unpaired) electrons. The van der Waals surface area contributed by atoms with Gasteiger partial charge in [-0.05, 0) is 30.7 Å². The lowest BCUT2D eigenvalue weighted by atomic mass is 10.2. The van der Waals surface area contributed by atoms with Gasteiger partial charge in [-0.3, -0.25) is 9.59 Å². The highest BCUT2D eigenvalue weighted by Crippen LogP contribution is 2.21. The molecule has 126 valence electrons. The number of nitrogens with zero attached hydrogens (tertiary/aromatic N) is 1. The Hall–Kier alpha value is -2.09. The van der Waals surface area contributed by atoms with Gasteiger partial charge in [-0.25, -0.2) is 0 Å². The number of nitrogens with one attached hydrogen (secondary N) is 1. The molecule has 2 rings (SSSR count). The monoisotopic (exact) mass is 330 g/mol. The number of hydrogen-bond acceptors (Lipinski definition) is 3. The molecule has 8 heteroatoms. The largest absolute Gasteiger partial charge is 0.411 e. The summed E-state index contributed by atoms with van der Waals surface area (Å²) in [5.74, 6) is -0.344. The van der Waals surface area contributed by atoms with Crippen LogP contribution in [0, 0.1) is 0 Å². The molecule has 0 aromatic heterocycles. The Labute approximate surface area is 131 Å². The minimum Gasteiger partial charge on any atom is -0.370 e. The normalized spacial score (nSPS) is 15.1. The second-order valence-electron chi connectivity index (χ2n) is 5.12. The average molecular weight is 330 g/mol. The summed E-state index contributed by atoms with van der Waals surface area (Å²) < 4.78 is 40.0. The zero-order valence-electron chi connectivity index (χ0n) is 12.4. The lowest BCUT2D eigenvalue weighted by Gasteiger charge is -2.15. The van der Waals surface area contributed by atoms with Gasteiger partial charge >= 0.3 is 6.18 Å². The molecule has 0 atom stereocenters. The summed E-state index contributed by atoms with van der Waals surface area (Å²) in [6.07, 6.45) is -3.02. The van der Waals surface area contributed by atoms with Crippen LogP contribution < -0.4 is 10.2 Å². The number of halogens is 3. The van der Waals surface area contributed by atoms with Gasteiger partial charge in [0, 0.05) is 30.8 Å². The SMILES string of the molecule is O=C(NCCOCC(F)(F)F)c1ccc(N2CCCC2=O)cc1. The van der Waals surface area contributed by atoms with E-state index in [0.29, 0.717) is 18.5 Å². The average Bonchev–Trinajstić information content (AvgIpc) is 2.92. The van der Waals surface area contributed by atoms with Crippen molar-refractivity contribution in [2.75, 3.05) is 31.2 Å². The lowest BCUT2D eigenvalue weighted by Crippen LogP contribution is -2.29. The Balaban J connectivity index is 1.78. The Morgan fingerprint density at radius 2 is 1.96 bits per heavy atom. The highest BCUT2D eigenvalue weighted by molar-refractivity contribution is 5.97. The molecule has 1 fully saturated rings. The predicted molar refractivity (Wildman–Crippen MR) is 77.2 cm³/mol. The summed E-state index contributed by atoms with van der Waals surface area (Å²) >= 11 is 0. The number of alkyl halides is 3. The van der Waals surface area contributed by atoms with Crippen molar-refractivity contribution >= 4 is 17.5 Å². The molecule has 1 N–H and O–H groups in total. The first-order valence-corrected chi connectivity index (χ1v) is 7.20. The van der Waals surface area contributed by atoms with E-state index in [4.69, 9.17) is 0 Å². The molecule has 0 spiro atoms. The molecular weight excluding hydrogens is 313 g/mol. The van der Waals surface area contributed by atoms with Crippen molar-refractivity contribution in [1.29, 1.82) is 0 Å². The lowest BCUT2D eigenvalue weighted by molar-refractivity contribution is -0.173. The van der Waals surface area contributed by atoms with E-state index in [9.17, 15) is 22.8 Å². The van der Waals surface area contributed by atoms with Crippen LogP contribution in [-0.4, -0.2) is 44.3 Å². The highest BCUT2D eigenvalue weighted by atomic mass is 19.4. The van der Waals surface area contributed by atoms with Crippen LogP contribution in [0.3, 0.4) is 0 Å². The van der Waals surface area contributed by atoms with Crippen LogP contribution in [0.5, 0.6) is 0 Å². The topological polar surface area (TPSA) is 58.6 Å². The summed E-state index contributed by atoms with van der Waals surface area (Å²) in [5.41, 5.74) is 1.11. The van der Waals surface area contributed by atoms with E-state index in [-0.39, 0.29) is 19.1 Å². The fourth-order valence-electron chi connectivity index (χ4n) is 2.24. The number of anilines is 1. The molecule has 0 saturated carbocycles. The molecular formula is C15H17F3N2O3. The van der Waals surface area contributed by atoms with Crippen molar-refractivity contribution in [2.45, 2.75) is 19.0 Å². The minimum absolute atomic E-state index is 0.0126. The quantitative estimate of drug-likeness (QED) is 0.813. The molecule has 1 aromatic rings. The zero-order valence-corrected chi connectivity index (χ0v) is 12.4. The smallest absolute Gasteiger partial charge is 0.370 e. The van der Waals surface area contributed by atoms with Crippen LogP contribution in [-0.2, 0) is 9.53 Å². The fraction of sp³-hybridized carbons (Fsp3) is 0.467. The van der Waals surface area contributed by atoms with Gasteiger partial charge in [0.15, 0.2) is 0 Å². The summed E-state index contributed by atoms with van der Waals surface area (Å²) in [6, 6.07) is 6.51. The summed E-state index contributed by atoms with van der Waals surface area (Å²) in [6.45, 7) is -0.894. The third-order valence-electron chi connectivity index (χ3n) is 3.31. The van der Waals surface area contributed by atoms with Crippen molar-refractivity contribution in [3.63, 3.8) is 0 Å². The first-order valence-electron chi connectivity index (χ1n) is 7.20. The molecule has 0 unspecified atom stereocenters. The van der Waals surface area contributed by atoms with Gasteiger partial charge in [0.25, 0.3) is 5.91 Å². The summed E-state index contributed by atoms with van der Waals surface area (Å²) in [4.78, 5) is 25.1. The van der Waals surface area contributed by atoms with Gasteiger partial charge in [0.2, 0.25) is 5.91 Å². The number of hydrogen-bond donors (Lipinski definition) is 1. The van der Waals surface area contributed by atoms with E-state index < -0.39 is 18.7 Å². The van der Waals surface area contributed by atoms with Crippen molar-refractivity contribution < 1.29 is 27.5 Å². The minimum atomic E-state index is -4.37. The number of carbonyl (C=O) groups is 2. The Morgan fingerprint density at radius 1 is 1.26 bits per heavy atom. The van der Waals surface area contributed by atoms with E-state index in [1.165, 1.54) is 0 Å². The van der Waals surface area contributed by atoms with Crippen LogP contribution in [0.4, 0.5) is 18.9 Å². The number of rotatable bonds is 6. The van der Waals surface area contributed by atoms with Gasteiger partial charge in [-0.15, -0.1) is 0 Å². The summed E-state index contributed by atoms with van der Waals surface area (Å²) in [7, 11) is 0. The third kappa shape index (κ3) is 5.24. The predicted octanol–water partition coefficient (Wildman–Crippen LogP) is 2.12. The Kier molecular flexibility index (Phi) is 5.59. The maximum atomic E-state index is 11.9. The molecule has 1 aromatic carbocycles. The van der Waals surface area contributed by atoms with E-state index in [1.54, 1.807) is 29.2 Å². The van der Waals surface area contributed by atoms with E-state index in [1.807, 2.05) is 0 Å². The van der Waals surface area contributed by atoms with Gasteiger partial charge < -0.3 is 15.0 Å². The molecule has 23 heavy (non-hydrogen) atoms. The number of benzene rings is 1. The fourth-order valence-corrected chi connectivity index (χ4v) is 2.24. The molecule has 1 aliphatic rings. The maximum absolute atomic E-state index is 11.9. The van der Waals surface area contributed by atoms with E-state index in [0.717, 1.165) is 12.1 Å². The molecule has 1 saturated heterocycles. The molecule has 0 aliphatic carbocycles. The van der Waals surface area contributed by atoms with Crippen LogP contribution in [0.1, 0.15) is 23.2 Å². The van der Waals surface area contributed by atoms with Crippen LogP contribution in [0.25, 0.3) is 0 Å². The van der Waals surface area contributed by atoms with Crippen LogP contribution in [0.15, 0.2) is 24.3 Å². The third-order valence-corrected chi connectivity index (χ3v) is 3.31. The molecule has 5 nitrogen and oxygen atoms in total. The first kappa shape index (κ1) is 17.3. The number of carbonyl (C=O) groups excluding carboxylic acids is 2.